The van der Waals surface area contributed by atoms with Crippen LogP contribution in [-0.2, 0) is 0 Å². The van der Waals surface area contributed by atoms with Crippen LogP contribution in [0.15, 0.2) is 6.07 Å². The van der Waals surface area contributed by atoms with Crippen molar-refractivity contribution >= 4 is 11.6 Å². The maximum Gasteiger partial charge on any atom is 0.135 e. The van der Waals surface area contributed by atoms with Gasteiger partial charge < -0.3 is 11.1 Å². The third-order valence-corrected chi connectivity index (χ3v) is 3.29. The molecular formula is C16H30N4. The van der Waals surface area contributed by atoms with Crippen molar-refractivity contribution in [3.05, 3.63) is 11.9 Å². The van der Waals surface area contributed by atoms with E-state index in [-0.39, 0.29) is 0 Å². The number of rotatable bonds is 9. The third kappa shape index (κ3) is 6.73. The van der Waals surface area contributed by atoms with Crippen LogP contribution in [0, 0.1) is 5.92 Å². The van der Waals surface area contributed by atoms with Crippen molar-refractivity contribution in [3.8, 4) is 0 Å². The number of nitrogens with zero attached hydrogens (tertiary/aromatic N) is 2. The van der Waals surface area contributed by atoms with E-state index in [1.165, 1.54) is 32.1 Å². The van der Waals surface area contributed by atoms with Crippen LogP contribution >= 0.6 is 0 Å². The molecule has 0 aliphatic heterocycles. The van der Waals surface area contributed by atoms with Gasteiger partial charge in [0, 0.05) is 18.5 Å². The first-order valence-corrected chi connectivity index (χ1v) is 7.87. The summed E-state index contributed by atoms with van der Waals surface area (Å²) in [6.07, 6.45) is 6.46. The van der Waals surface area contributed by atoms with Crippen molar-refractivity contribution in [3.63, 3.8) is 0 Å². The largest absolute Gasteiger partial charge is 0.384 e. The Morgan fingerprint density at radius 3 is 2.40 bits per heavy atom. The van der Waals surface area contributed by atoms with Crippen LogP contribution < -0.4 is 11.1 Å². The van der Waals surface area contributed by atoms with Crippen molar-refractivity contribution in [1.29, 1.82) is 0 Å². The lowest BCUT2D eigenvalue weighted by molar-refractivity contribution is 0.523. The van der Waals surface area contributed by atoms with Crippen molar-refractivity contribution in [1.82, 2.24) is 9.97 Å². The van der Waals surface area contributed by atoms with Crippen LogP contribution in [0.3, 0.4) is 0 Å². The second-order valence-electron chi connectivity index (χ2n) is 6.21. The second-order valence-corrected chi connectivity index (χ2v) is 6.21. The maximum absolute atomic E-state index is 5.80. The van der Waals surface area contributed by atoms with E-state index in [1.807, 2.05) is 6.07 Å². The molecule has 4 heteroatoms. The molecule has 1 aromatic rings. The van der Waals surface area contributed by atoms with Crippen molar-refractivity contribution in [2.45, 2.75) is 65.7 Å². The van der Waals surface area contributed by atoms with Gasteiger partial charge in [-0.1, -0.05) is 53.4 Å². The van der Waals surface area contributed by atoms with Gasteiger partial charge in [0.25, 0.3) is 0 Å². The molecule has 0 radical (unpaired) electrons. The highest BCUT2D eigenvalue weighted by Gasteiger charge is 2.06. The fourth-order valence-electron chi connectivity index (χ4n) is 2.08. The molecule has 0 unspecified atom stereocenters. The van der Waals surface area contributed by atoms with Crippen molar-refractivity contribution < 1.29 is 0 Å². The fourth-order valence-corrected chi connectivity index (χ4v) is 2.08. The highest BCUT2D eigenvalue weighted by atomic mass is 15.0. The van der Waals surface area contributed by atoms with E-state index in [4.69, 9.17) is 5.73 Å². The van der Waals surface area contributed by atoms with Gasteiger partial charge in [-0.3, -0.25) is 0 Å². The van der Waals surface area contributed by atoms with Gasteiger partial charge in [0.05, 0.1) is 0 Å². The number of unbranched alkanes of at least 4 members (excludes halogenated alkanes) is 3. The average Bonchev–Trinajstić information content (AvgIpc) is 2.36. The SMILES string of the molecule is CC(C)CCCCCCNc1cc(N)nc(C(C)C)n1. The molecule has 114 valence electrons. The Morgan fingerprint density at radius 1 is 1.05 bits per heavy atom. The van der Waals surface area contributed by atoms with E-state index >= 15 is 0 Å². The Bertz CT molecular complexity index is 388. The normalized spacial score (nSPS) is 11.3. The molecule has 0 aliphatic rings. The quantitative estimate of drug-likeness (QED) is 0.664. The van der Waals surface area contributed by atoms with Gasteiger partial charge in [0.2, 0.25) is 0 Å². The predicted octanol–water partition coefficient (Wildman–Crippen LogP) is 4.20. The summed E-state index contributed by atoms with van der Waals surface area (Å²) in [5.74, 6) is 3.33. The molecule has 4 nitrogen and oxygen atoms in total. The van der Waals surface area contributed by atoms with Crippen LogP contribution in [0.25, 0.3) is 0 Å². The van der Waals surface area contributed by atoms with Crippen LogP contribution in [-0.4, -0.2) is 16.5 Å². The van der Waals surface area contributed by atoms with Crippen LogP contribution in [0.5, 0.6) is 0 Å². The van der Waals surface area contributed by atoms with E-state index in [0.29, 0.717) is 11.7 Å². The lowest BCUT2D eigenvalue weighted by Crippen LogP contribution is -2.08. The minimum atomic E-state index is 0.301. The first-order chi connectivity index (χ1) is 9.49. The Morgan fingerprint density at radius 2 is 1.75 bits per heavy atom. The summed E-state index contributed by atoms with van der Waals surface area (Å²) in [7, 11) is 0. The molecule has 0 atom stereocenters. The van der Waals surface area contributed by atoms with Gasteiger partial charge in [-0.25, -0.2) is 9.97 Å². The summed E-state index contributed by atoms with van der Waals surface area (Å²) in [4.78, 5) is 8.73. The second kappa shape index (κ2) is 8.77. The van der Waals surface area contributed by atoms with E-state index in [1.54, 1.807) is 0 Å². The molecule has 1 aromatic heterocycles. The number of hydrogen-bond acceptors (Lipinski definition) is 4. The monoisotopic (exact) mass is 278 g/mol. The van der Waals surface area contributed by atoms with Gasteiger partial charge in [-0.05, 0) is 12.3 Å². The summed E-state index contributed by atoms with van der Waals surface area (Å²) < 4.78 is 0. The minimum Gasteiger partial charge on any atom is -0.384 e. The molecule has 0 bridgehead atoms. The first-order valence-electron chi connectivity index (χ1n) is 7.87. The summed E-state index contributed by atoms with van der Waals surface area (Å²) in [6, 6.07) is 1.81. The minimum absolute atomic E-state index is 0.301. The summed E-state index contributed by atoms with van der Waals surface area (Å²) in [5.41, 5.74) is 5.80. The van der Waals surface area contributed by atoms with E-state index in [9.17, 15) is 0 Å². The number of nitrogen functional groups attached to an aromatic ring is 1. The summed E-state index contributed by atoms with van der Waals surface area (Å²) in [5, 5.41) is 3.35. The topological polar surface area (TPSA) is 63.8 Å². The molecule has 0 saturated heterocycles. The van der Waals surface area contributed by atoms with E-state index < -0.39 is 0 Å². The number of aromatic nitrogens is 2. The molecule has 0 spiro atoms. The number of anilines is 2. The predicted molar refractivity (Wildman–Crippen MR) is 86.9 cm³/mol. The van der Waals surface area contributed by atoms with Gasteiger partial charge in [-0.2, -0.15) is 0 Å². The zero-order chi connectivity index (χ0) is 15.0. The standard InChI is InChI=1S/C16H30N4/c1-12(2)9-7-5-6-8-10-18-15-11-14(17)19-16(20-15)13(3)4/h11-13H,5-10H2,1-4H3,(H3,17,18,19,20). The van der Waals surface area contributed by atoms with Crippen LogP contribution in [0.2, 0.25) is 0 Å². The number of nitrogens with one attached hydrogen (secondary N) is 1. The van der Waals surface area contributed by atoms with Gasteiger partial charge >= 0.3 is 0 Å². The van der Waals surface area contributed by atoms with Crippen LogP contribution in [0.4, 0.5) is 11.6 Å². The van der Waals surface area contributed by atoms with Gasteiger partial charge in [-0.15, -0.1) is 0 Å². The summed E-state index contributed by atoms with van der Waals surface area (Å²) in [6.45, 7) is 9.68. The molecule has 1 rings (SSSR count). The highest BCUT2D eigenvalue weighted by molar-refractivity contribution is 5.44. The molecule has 1 heterocycles. The molecule has 20 heavy (non-hydrogen) atoms. The van der Waals surface area contributed by atoms with E-state index in [0.717, 1.165) is 24.1 Å². The number of nitrogens with two attached hydrogens (primary N) is 1. The van der Waals surface area contributed by atoms with Gasteiger partial charge in [0.15, 0.2) is 0 Å². The molecule has 3 N–H and O–H groups in total. The Labute approximate surface area is 123 Å². The van der Waals surface area contributed by atoms with Gasteiger partial charge in [0.1, 0.15) is 17.5 Å². The smallest absolute Gasteiger partial charge is 0.135 e. The molecular weight excluding hydrogens is 248 g/mol. The van der Waals surface area contributed by atoms with Crippen molar-refractivity contribution in [2.24, 2.45) is 5.92 Å². The lowest BCUT2D eigenvalue weighted by Gasteiger charge is -2.10. The molecule has 0 saturated carbocycles. The zero-order valence-electron chi connectivity index (χ0n) is 13.4. The maximum atomic E-state index is 5.80. The van der Waals surface area contributed by atoms with Crippen LogP contribution in [0.1, 0.15) is 71.5 Å². The zero-order valence-corrected chi connectivity index (χ0v) is 13.4. The Kier molecular flexibility index (Phi) is 7.34. The summed E-state index contributed by atoms with van der Waals surface area (Å²) >= 11 is 0. The highest BCUT2D eigenvalue weighted by Crippen LogP contribution is 2.15. The fraction of sp³-hybridized carbons (Fsp3) is 0.750. The lowest BCUT2D eigenvalue weighted by atomic mass is 10.0. The Balaban J connectivity index is 2.25. The third-order valence-electron chi connectivity index (χ3n) is 3.29. The first kappa shape index (κ1) is 16.7. The number of hydrogen-bond donors (Lipinski definition) is 2. The molecule has 0 aromatic carbocycles. The molecule has 0 amide bonds. The molecule has 0 aliphatic carbocycles. The Hall–Kier alpha value is -1.32. The molecule has 0 fully saturated rings. The van der Waals surface area contributed by atoms with Crippen molar-refractivity contribution in [2.75, 3.05) is 17.6 Å². The van der Waals surface area contributed by atoms with E-state index in [2.05, 4.69) is 43.0 Å². The average molecular weight is 278 g/mol.